The lowest BCUT2D eigenvalue weighted by molar-refractivity contribution is 0.671. The van der Waals surface area contributed by atoms with Gasteiger partial charge >= 0.3 is 0 Å². The van der Waals surface area contributed by atoms with Gasteiger partial charge in [-0.3, -0.25) is 4.98 Å². The van der Waals surface area contributed by atoms with Gasteiger partial charge in [-0.15, -0.1) is 5.10 Å². The molecule has 3 aromatic rings. The zero-order chi connectivity index (χ0) is 13.4. The van der Waals surface area contributed by atoms with Crippen LogP contribution in [0, 0.1) is 0 Å². The van der Waals surface area contributed by atoms with Gasteiger partial charge in [0.25, 0.3) is 0 Å². The number of aromatic nitrogens is 4. The first-order valence-electron chi connectivity index (χ1n) is 6.88. The lowest BCUT2D eigenvalue weighted by Crippen LogP contribution is -2.15. The Kier molecular flexibility index (Phi) is 2.70. The van der Waals surface area contributed by atoms with Crippen molar-refractivity contribution in [2.24, 2.45) is 0 Å². The zero-order valence-electron chi connectivity index (χ0n) is 11.0. The van der Waals surface area contributed by atoms with Gasteiger partial charge in [0.05, 0.1) is 17.6 Å². The molecule has 0 spiro atoms. The maximum absolute atomic E-state index is 4.24. The van der Waals surface area contributed by atoms with Gasteiger partial charge in [0.2, 0.25) is 0 Å². The average Bonchev–Trinajstić information content (AvgIpc) is 3.21. The van der Waals surface area contributed by atoms with Crippen LogP contribution in [0.15, 0.2) is 42.9 Å². The first-order valence-corrected chi connectivity index (χ1v) is 6.88. The van der Waals surface area contributed by atoms with Crippen LogP contribution in [0.4, 0.5) is 0 Å². The van der Waals surface area contributed by atoms with E-state index in [0.29, 0.717) is 6.04 Å². The standard InChI is InChI=1S/C15H15N5/c1-2-11-8-16-7-6-14(11)15(3-1)20-10-13(18-19-20)9-17-12-4-5-12/h1-3,6-8,10,12,17H,4-5,9H2. The second kappa shape index (κ2) is 4.68. The van der Waals surface area contributed by atoms with E-state index in [1.54, 1.807) is 6.20 Å². The number of benzene rings is 1. The highest BCUT2D eigenvalue weighted by molar-refractivity contribution is 5.89. The molecule has 2 heterocycles. The summed E-state index contributed by atoms with van der Waals surface area (Å²) in [6, 6.07) is 8.81. The van der Waals surface area contributed by atoms with E-state index in [-0.39, 0.29) is 0 Å². The van der Waals surface area contributed by atoms with Crippen molar-refractivity contribution in [1.29, 1.82) is 0 Å². The van der Waals surface area contributed by atoms with Crippen LogP contribution in [-0.4, -0.2) is 26.0 Å². The fourth-order valence-electron chi connectivity index (χ4n) is 2.34. The number of pyridine rings is 1. The third-order valence-corrected chi connectivity index (χ3v) is 3.59. The molecule has 1 fully saturated rings. The average molecular weight is 265 g/mol. The molecule has 1 aliphatic rings. The van der Waals surface area contributed by atoms with Gasteiger partial charge in [0, 0.05) is 35.8 Å². The lowest BCUT2D eigenvalue weighted by Gasteiger charge is -2.04. The summed E-state index contributed by atoms with van der Waals surface area (Å²) in [6.45, 7) is 0.789. The van der Waals surface area contributed by atoms with Crippen LogP contribution in [0.2, 0.25) is 0 Å². The second-order valence-electron chi connectivity index (χ2n) is 5.18. The number of hydrogen-bond donors (Lipinski definition) is 1. The van der Waals surface area contributed by atoms with Gasteiger partial charge in [-0.05, 0) is 25.0 Å². The van der Waals surface area contributed by atoms with Gasteiger partial charge < -0.3 is 5.32 Å². The first kappa shape index (κ1) is 11.5. The number of nitrogens with zero attached hydrogens (tertiary/aromatic N) is 4. The van der Waals surface area contributed by atoms with Crippen molar-refractivity contribution < 1.29 is 0 Å². The van der Waals surface area contributed by atoms with Crippen LogP contribution in [0.5, 0.6) is 0 Å². The molecule has 0 amide bonds. The minimum absolute atomic E-state index is 0.684. The molecule has 0 radical (unpaired) electrons. The Bertz CT molecular complexity index is 739. The minimum atomic E-state index is 0.684. The number of fused-ring (bicyclic) bond motifs is 1. The SMILES string of the molecule is c1cc(-n2cc(CNC3CC3)nn2)c2ccncc2c1. The highest BCUT2D eigenvalue weighted by atomic mass is 15.4. The van der Waals surface area contributed by atoms with E-state index in [1.165, 1.54) is 12.8 Å². The van der Waals surface area contributed by atoms with E-state index < -0.39 is 0 Å². The summed E-state index contributed by atoms with van der Waals surface area (Å²) in [7, 11) is 0. The summed E-state index contributed by atoms with van der Waals surface area (Å²) >= 11 is 0. The normalized spacial score (nSPS) is 14.8. The fourth-order valence-corrected chi connectivity index (χ4v) is 2.34. The predicted molar refractivity (Wildman–Crippen MR) is 76.5 cm³/mol. The van der Waals surface area contributed by atoms with Gasteiger partial charge in [0.1, 0.15) is 0 Å². The molecule has 1 N–H and O–H groups in total. The van der Waals surface area contributed by atoms with Crippen molar-refractivity contribution in [2.75, 3.05) is 0 Å². The van der Waals surface area contributed by atoms with E-state index in [9.17, 15) is 0 Å². The molecule has 100 valence electrons. The van der Waals surface area contributed by atoms with Crippen molar-refractivity contribution in [2.45, 2.75) is 25.4 Å². The highest BCUT2D eigenvalue weighted by Crippen LogP contribution is 2.21. The first-order chi connectivity index (χ1) is 9.90. The molecule has 0 unspecified atom stereocenters. The molecule has 4 rings (SSSR count). The molecule has 1 aromatic carbocycles. The van der Waals surface area contributed by atoms with Crippen LogP contribution < -0.4 is 5.32 Å². The lowest BCUT2D eigenvalue weighted by atomic mass is 10.1. The molecule has 2 aromatic heterocycles. The van der Waals surface area contributed by atoms with Crippen molar-refractivity contribution in [1.82, 2.24) is 25.3 Å². The van der Waals surface area contributed by atoms with E-state index >= 15 is 0 Å². The van der Waals surface area contributed by atoms with Gasteiger partial charge in [-0.25, -0.2) is 4.68 Å². The topological polar surface area (TPSA) is 55.6 Å². The summed E-state index contributed by atoms with van der Waals surface area (Å²) in [5.74, 6) is 0. The van der Waals surface area contributed by atoms with Crippen LogP contribution in [0.25, 0.3) is 16.5 Å². The largest absolute Gasteiger partial charge is 0.308 e. The van der Waals surface area contributed by atoms with Gasteiger partial charge in [-0.2, -0.15) is 0 Å². The Labute approximate surface area is 116 Å². The van der Waals surface area contributed by atoms with E-state index in [4.69, 9.17) is 0 Å². The predicted octanol–water partition coefficient (Wildman–Crippen LogP) is 2.07. The fraction of sp³-hybridized carbons (Fsp3) is 0.267. The van der Waals surface area contributed by atoms with Crippen LogP contribution in [0.1, 0.15) is 18.5 Å². The maximum Gasteiger partial charge on any atom is 0.0969 e. The summed E-state index contributed by atoms with van der Waals surface area (Å²) < 4.78 is 1.84. The molecule has 5 nitrogen and oxygen atoms in total. The highest BCUT2D eigenvalue weighted by Gasteiger charge is 2.20. The van der Waals surface area contributed by atoms with Crippen LogP contribution >= 0.6 is 0 Å². The Morgan fingerprint density at radius 3 is 3.10 bits per heavy atom. The summed E-state index contributed by atoms with van der Waals surface area (Å²) in [5, 5.41) is 14.2. The van der Waals surface area contributed by atoms with Crippen molar-refractivity contribution in [3.05, 3.63) is 48.5 Å². The Balaban J connectivity index is 1.67. The van der Waals surface area contributed by atoms with Crippen molar-refractivity contribution in [3.63, 3.8) is 0 Å². The molecule has 1 aliphatic carbocycles. The number of hydrogen-bond acceptors (Lipinski definition) is 4. The second-order valence-corrected chi connectivity index (χ2v) is 5.18. The zero-order valence-corrected chi connectivity index (χ0v) is 11.0. The molecule has 1 saturated carbocycles. The minimum Gasteiger partial charge on any atom is -0.308 e. The van der Waals surface area contributed by atoms with Crippen molar-refractivity contribution in [3.8, 4) is 5.69 Å². The summed E-state index contributed by atoms with van der Waals surface area (Å²) in [6.07, 6.45) is 8.23. The molecule has 0 saturated heterocycles. The maximum atomic E-state index is 4.24. The van der Waals surface area contributed by atoms with Crippen LogP contribution in [-0.2, 0) is 6.54 Å². The Morgan fingerprint density at radius 1 is 1.25 bits per heavy atom. The van der Waals surface area contributed by atoms with E-state index in [1.807, 2.05) is 29.2 Å². The Hall–Kier alpha value is -2.27. The molecule has 0 bridgehead atoms. The third-order valence-electron chi connectivity index (χ3n) is 3.59. The molecule has 0 atom stereocenters. The molecular formula is C15H15N5. The monoisotopic (exact) mass is 265 g/mol. The smallest absolute Gasteiger partial charge is 0.0969 e. The number of nitrogens with one attached hydrogen (secondary N) is 1. The van der Waals surface area contributed by atoms with E-state index in [2.05, 4.69) is 32.7 Å². The third kappa shape index (κ3) is 2.16. The molecule has 20 heavy (non-hydrogen) atoms. The summed E-state index contributed by atoms with van der Waals surface area (Å²) in [4.78, 5) is 4.15. The van der Waals surface area contributed by atoms with Gasteiger partial charge in [-0.1, -0.05) is 17.3 Å². The van der Waals surface area contributed by atoms with Crippen molar-refractivity contribution >= 4 is 10.8 Å². The van der Waals surface area contributed by atoms with Gasteiger partial charge in [0.15, 0.2) is 0 Å². The quantitative estimate of drug-likeness (QED) is 0.784. The number of rotatable bonds is 4. The van der Waals surface area contributed by atoms with E-state index in [0.717, 1.165) is 28.7 Å². The molecule has 5 heteroatoms. The molecule has 0 aliphatic heterocycles. The molecular weight excluding hydrogens is 250 g/mol. The Morgan fingerprint density at radius 2 is 2.20 bits per heavy atom. The van der Waals surface area contributed by atoms with Crippen LogP contribution in [0.3, 0.4) is 0 Å². The summed E-state index contributed by atoms with van der Waals surface area (Å²) in [5.41, 5.74) is 2.01.